The molecule has 0 aromatic carbocycles. The predicted molar refractivity (Wildman–Crippen MR) is 59.9 cm³/mol. The Balaban J connectivity index is 2.36. The molecule has 0 saturated carbocycles. The van der Waals surface area contributed by atoms with Crippen LogP contribution in [0, 0.1) is 0 Å². The Bertz CT molecular complexity index is 341. The van der Waals surface area contributed by atoms with Crippen LogP contribution in [-0.4, -0.2) is 61.6 Å². The van der Waals surface area contributed by atoms with E-state index < -0.39 is 21.8 Å². The number of carbonyl (C=O) groups is 1. The Hall–Kier alpha value is -0.660. The van der Waals surface area contributed by atoms with E-state index in [2.05, 4.69) is 0 Å². The third-order valence-electron chi connectivity index (χ3n) is 2.72. The van der Waals surface area contributed by atoms with Crippen LogP contribution >= 0.6 is 0 Å². The molecule has 16 heavy (non-hydrogen) atoms. The zero-order valence-corrected chi connectivity index (χ0v) is 9.95. The molecule has 0 aromatic rings. The van der Waals surface area contributed by atoms with Gasteiger partial charge in [-0.05, 0) is 19.4 Å². The van der Waals surface area contributed by atoms with Crippen molar-refractivity contribution in [2.24, 2.45) is 5.73 Å². The largest absolute Gasteiger partial charge is 0.480 e. The monoisotopic (exact) mass is 250 g/mol. The van der Waals surface area contributed by atoms with Gasteiger partial charge in [0.05, 0.1) is 11.5 Å². The van der Waals surface area contributed by atoms with Crippen LogP contribution in [0.3, 0.4) is 0 Å². The van der Waals surface area contributed by atoms with Gasteiger partial charge in [0, 0.05) is 13.1 Å². The Morgan fingerprint density at radius 1 is 1.38 bits per heavy atom. The van der Waals surface area contributed by atoms with Crippen LogP contribution in [0.4, 0.5) is 0 Å². The molecule has 0 aliphatic carbocycles. The third kappa shape index (κ3) is 4.46. The van der Waals surface area contributed by atoms with E-state index in [9.17, 15) is 13.2 Å². The van der Waals surface area contributed by atoms with E-state index in [-0.39, 0.29) is 11.5 Å². The van der Waals surface area contributed by atoms with Gasteiger partial charge in [0.25, 0.3) is 0 Å². The molecule has 0 spiro atoms. The number of hydrogen-bond acceptors (Lipinski definition) is 5. The predicted octanol–water partition coefficient (Wildman–Crippen LogP) is -1.09. The second-order valence-electron chi connectivity index (χ2n) is 4.08. The van der Waals surface area contributed by atoms with Gasteiger partial charge in [-0.1, -0.05) is 0 Å². The number of nitrogens with zero attached hydrogens (tertiary/aromatic N) is 1. The highest BCUT2D eigenvalue weighted by Crippen LogP contribution is 2.06. The minimum absolute atomic E-state index is 0.162. The minimum atomic E-state index is -2.90. The first-order chi connectivity index (χ1) is 7.41. The SMILES string of the molecule is NC(CCN1CCCS(=O)(=O)CC1)C(=O)O. The molecule has 1 fully saturated rings. The maximum atomic E-state index is 11.3. The smallest absolute Gasteiger partial charge is 0.320 e. The highest BCUT2D eigenvalue weighted by atomic mass is 32.2. The second kappa shape index (κ2) is 5.60. The quantitative estimate of drug-likeness (QED) is 0.657. The molecule has 1 aliphatic rings. The van der Waals surface area contributed by atoms with Gasteiger partial charge in [-0.2, -0.15) is 0 Å². The van der Waals surface area contributed by atoms with E-state index in [0.29, 0.717) is 32.5 Å². The molecule has 6 nitrogen and oxygen atoms in total. The van der Waals surface area contributed by atoms with Crippen molar-refractivity contribution < 1.29 is 18.3 Å². The fraction of sp³-hybridized carbons (Fsp3) is 0.889. The van der Waals surface area contributed by atoms with E-state index in [0.717, 1.165) is 0 Å². The average Bonchev–Trinajstić information content (AvgIpc) is 2.36. The number of rotatable bonds is 4. The maximum Gasteiger partial charge on any atom is 0.320 e. The number of sulfone groups is 1. The van der Waals surface area contributed by atoms with Crippen LogP contribution in [0.25, 0.3) is 0 Å². The highest BCUT2D eigenvalue weighted by molar-refractivity contribution is 7.91. The molecule has 1 rings (SSSR count). The summed E-state index contributed by atoms with van der Waals surface area (Å²) >= 11 is 0. The van der Waals surface area contributed by atoms with E-state index in [1.807, 2.05) is 4.90 Å². The first-order valence-electron chi connectivity index (χ1n) is 5.32. The summed E-state index contributed by atoms with van der Waals surface area (Å²) in [4.78, 5) is 12.5. The van der Waals surface area contributed by atoms with E-state index in [4.69, 9.17) is 10.8 Å². The minimum Gasteiger partial charge on any atom is -0.480 e. The first-order valence-corrected chi connectivity index (χ1v) is 7.14. The fourth-order valence-corrected chi connectivity index (χ4v) is 2.97. The molecule has 1 saturated heterocycles. The zero-order chi connectivity index (χ0) is 12.2. The van der Waals surface area contributed by atoms with Crippen LogP contribution in [-0.2, 0) is 14.6 Å². The van der Waals surface area contributed by atoms with Gasteiger partial charge in [0.1, 0.15) is 6.04 Å². The number of carboxylic acids is 1. The van der Waals surface area contributed by atoms with Gasteiger partial charge in [0.15, 0.2) is 9.84 Å². The van der Waals surface area contributed by atoms with Gasteiger partial charge < -0.3 is 15.7 Å². The van der Waals surface area contributed by atoms with Crippen molar-refractivity contribution in [3.8, 4) is 0 Å². The number of aliphatic carboxylic acids is 1. The molecule has 1 unspecified atom stereocenters. The lowest BCUT2D eigenvalue weighted by atomic mass is 10.2. The summed E-state index contributed by atoms with van der Waals surface area (Å²) < 4.78 is 22.6. The summed E-state index contributed by atoms with van der Waals surface area (Å²) in [5.41, 5.74) is 5.38. The van der Waals surface area contributed by atoms with Crippen LogP contribution in [0.1, 0.15) is 12.8 Å². The van der Waals surface area contributed by atoms with Gasteiger partial charge in [-0.3, -0.25) is 4.79 Å². The molecule has 7 heteroatoms. The van der Waals surface area contributed by atoms with Gasteiger partial charge in [-0.25, -0.2) is 8.42 Å². The summed E-state index contributed by atoms with van der Waals surface area (Å²) in [5, 5.41) is 8.61. The van der Waals surface area contributed by atoms with Gasteiger partial charge in [-0.15, -0.1) is 0 Å². The molecule has 0 radical (unpaired) electrons. The topological polar surface area (TPSA) is 101 Å². The summed E-state index contributed by atoms with van der Waals surface area (Å²) in [7, 11) is -2.90. The van der Waals surface area contributed by atoms with Crippen LogP contribution in [0.15, 0.2) is 0 Å². The van der Waals surface area contributed by atoms with Gasteiger partial charge in [0.2, 0.25) is 0 Å². The molecule has 94 valence electrons. The summed E-state index contributed by atoms with van der Waals surface area (Å²) in [6.07, 6.45) is 0.972. The van der Waals surface area contributed by atoms with Crippen molar-refractivity contribution >= 4 is 15.8 Å². The molecule has 0 bridgehead atoms. The van der Waals surface area contributed by atoms with Crippen molar-refractivity contribution in [2.75, 3.05) is 31.1 Å². The number of hydrogen-bond donors (Lipinski definition) is 2. The molecule has 0 amide bonds. The molecular weight excluding hydrogens is 232 g/mol. The van der Waals surface area contributed by atoms with E-state index >= 15 is 0 Å². The standard InChI is InChI=1S/C9H18N2O4S/c10-8(9(12)13)2-4-11-3-1-6-16(14,15)7-5-11/h8H,1-7,10H2,(H,12,13). The van der Waals surface area contributed by atoms with Crippen LogP contribution in [0.2, 0.25) is 0 Å². The molecule has 3 N–H and O–H groups in total. The van der Waals surface area contributed by atoms with Crippen LogP contribution < -0.4 is 5.73 Å². The second-order valence-corrected chi connectivity index (χ2v) is 6.38. The van der Waals surface area contributed by atoms with Crippen molar-refractivity contribution in [3.05, 3.63) is 0 Å². The van der Waals surface area contributed by atoms with Crippen molar-refractivity contribution in [2.45, 2.75) is 18.9 Å². The zero-order valence-electron chi connectivity index (χ0n) is 9.13. The lowest BCUT2D eigenvalue weighted by Gasteiger charge is -2.19. The van der Waals surface area contributed by atoms with Crippen molar-refractivity contribution in [1.82, 2.24) is 4.90 Å². The Kier molecular flexibility index (Phi) is 4.69. The summed E-state index contributed by atoms with van der Waals surface area (Å²) in [6.45, 7) is 1.73. The van der Waals surface area contributed by atoms with Gasteiger partial charge >= 0.3 is 5.97 Å². The van der Waals surface area contributed by atoms with Crippen LogP contribution in [0.5, 0.6) is 0 Å². The average molecular weight is 250 g/mol. The lowest BCUT2D eigenvalue weighted by molar-refractivity contribution is -0.138. The first kappa shape index (κ1) is 13.4. The normalized spacial score (nSPS) is 23.6. The molecule has 0 aromatic heterocycles. The third-order valence-corrected chi connectivity index (χ3v) is 4.44. The highest BCUT2D eigenvalue weighted by Gasteiger charge is 2.20. The summed E-state index contributed by atoms with van der Waals surface area (Å²) in [6, 6.07) is -0.861. The maximum absolute atomic E-state index is 11.3. The summed E-state index contributed by atoms with van der Waals surface area (Å²) in [5.74, 6) is -0.619. The molecule has 1 heterocycles. The number of nitrogens with two attached hydrogens (primary N) is 1. The van der Waals surface area contributed by atoms with E-state index in [1.165, 1.54) is 0 Å². The molecule has 1 atom stereocenters. The number of carboxylic acid groups (broad SMARTS) is 1. The lowest BCUT2D eigenvalue weighted by Crippen LogP contribution is -2.36. The van der Waals surface area contributed by atoms with E-state index in [1.54, 1.807) is 0 Å². The Morgan fingerprint density at radius 2 is 2.06 bits per heavy atom. The van der Waals surface area contributed by atoms with Crippen molar-refractivity contribution in [3.63, 3.8) is 0 Å². The fourth-order valence-electron chi connectivity index (χ4n) is 1.66. The Morgan fingerprint density at radius 3 is 2.69 bits per heavy atom. The van der Waals surface area contributed by atoms with Crippen molar-refractivity contribution in [1.29, 1.82) is 0 Å². The molecule has 1 aliphatic heterocycles. The molecular formula is C9H18N2O4S. The Labute approximate surface area is 95.3 Å².